The van der Waals surface area contributed by atoms with Gasteiger partial charge in [0.15, 0.2) is 0 Å². The van der Waals surface area contributed by atoms with E-state index in [2.05, 4.69) is 43.9 Å². The monoisotopic (exact) mass is 553 g/mol. The van der Waals surface area contributed by atoms with E-state index in [1.165, 1.54) is 36.1 Å². The first kappa shape index (κ1) is 28.7. The number of fused-ring (bicyclic) bond motifs is 1. The smallest absolute Gasteiger partial charge is 0.321 e. The molecule has 2 aromatic rings. The molecule has 1 aliphatic carbocycles. The first-order chi connectivity index (χ1) is 19.0. The molecule has 1 unspecified atom stereocenters. The number of halogens is 2. The molecule has 2 fully saturated rings. The van der Waals surface area contributed by atoms with Crippen molar-refractivity contribution < 1.29 is 23.5 Å². The molecule has 1 amide bonds. The number of carbonyl (C=O) groups is 2. The Balaban J connectivity index is 1.27. The number of hydrogen-bond acceptors (Lipinski definition) is 4. The summed E-state index contributed by atoms with van der Waals surface area (Å²) in [4.78, 5) is 32.1. The Labute approximate surface area is 235 Å². The summed E-state index contributed by atoms with van der Waals surface area (Å²) < 4.78 is 28.5. The maximum absolute atomic E-state index is 14.8. The quantitative estimate of drug-likeness (QED) is 0.571. The number of rotatable bonds is 6. The van der Waals surface area contributed by atoms with Crippen molar-refractivity contribution in [1.82, 2.24) is 14.7 Å². The van der Waals surface area contributed by atoms with Gasteiger partial charge in [0.2, 0.25) is 5.91 Å². The summed E-state index contributed by atoms with van der Waals surface area (Å²) in [6.45, 7) is 9.04. The van der Waals surface area contributed by atoms with E-state index >= 15 is 0 Å². The Hall–Kier alpha value is -2.84. The van der Waals surface area contributed by atoms with Crippen LogP contribution in [0.25, 0.3) is 0 Å². The van der Waals surface area contributed by atoms with E-state index in [0.717, 1.165) is 24.5 Å². The second kappa shape index (κ2) is 11.6. The van der Waals surface area contributed by atoms with Gasteiger partial charge in [0, 0.05) is 56.8 Å². The van der Waals surface area contributed by atoms with Crippen LogP contribution in [0.3, 0.4) is 0 Å². The predicted molar refractivity (Wildman–Crippen MR) is 150 cm³/mol. The number of nitrogens with zero attached hydrogens (tertiary/aromatic N) is 3. The topological polar surface area (TPSA) is 64.1 Å². The average Bonchev–Trinajstić information content (AvgIpc) is 3.37. The van der Waals surface area contributed by atoms with Crippen LogP contribution in [-0.2, 0) is 28.9 Å². The number of carboxylic acids is 1. The molecular weight excluding hydrogens is 512 g/mol. The van der Waals surface area contributed by atoms with Gasteiger partial charge in [-0.3, -0.25) is 19.4 Å². The molecule has 0 radical (unpaired) electrons. The van der Waals surface area contributed by atoms with Crippen molar-refractivity contribution in [3.05, 3.63) is 70.3 Å². The van der Waals surface area contributed by atoms with Gasteiger partial charge in [-0.1, -0.05) is 24.3 Å². The fraction of sp³-hybridized carbons (Fsp3) is 0.562. The molecule has 0 bridgehead atoms. The molecule has 2 heterocycles. The normalized spacial score (nSPS) is 23.2. The molecule has 0 aromatic heterocycles. The van der Waals surface area contributed by atoms with Gasteiger partial charge in [0.25, 0.3) is 0 Å². The second-order valence-corrected chi connectivity index (χ2v) is 12.7. The van der Waals surface area contributed by atoms with Crippen molar-refractivity contribution in [2.75, 3.05) is 39.3 Å². The van der Waals surface area contributed by atoms with Crippen LogP contribution in [0.15, 0.2) is 36.4 Å². The van der Waals surface area contributed by atoms with Crippen LogP contribution >= 0.6 is 0 Å². The zero-order valence-electron chi connectivity index (χ0n) is 23.8. The minimum atomic E-state index is -0.846. The maximum atomic E-state index is 14.8. The minimum absolute atomic E-state index is 0.0401. The van der Waals surface area contributed by atoms with E-state index in [9.17, 15) is 23.5 Å². The Morgan fingerprint density at radius 2 is 1.65 bits per heavy atom. The molecule has 5 rings (SSSR count). The van der Waals surface area contributed by atoms with E-state index in [0.29, 0.717) is 51.3 Å². The highest BCUT2D eigenvalue weighted by atomic mass is 19.1. The zero-order chi connectivity index (χ0) is 28.6. The summed E-state index contributed by atoms with van der Waals surface area (Å²) in [7, 11) is 0. The van der Waals surface area contributed by atoms with Crippen molar-refractivity contribution in [1.29, 1.82) is 0 Å². The van der Waals surface area contributed by atoms with E-state index < -0.39 is 29.6 Å². The van der Waals surface area contributed by atoms with Gasteiger partial charge >= 0.3 is 5.97 Å². The lowest BCUT2D eigenvalue weighted by molar-refractivity contribution is -0.145. The van der Waals surface area contributed by atoms with Crippen molar-refractivity contribution in [2.45, 2.75) is 70.4 Å². The van der Waals surface area contributed by atoms with E-state index in [1.807, 2.05) is 4.90 Å². The molecular formula is C32H41F2N3O3. The van der Waals surface area contributed by atoms with E-state index in [4.69, 9.17) is 0 Å². The Bertz CT molecular complexity index is 1250. The number of carboxylic acid groups (broad SMARTS) is 1. The fourth-order valence-electron chi connectivity index (χ4n) is 6.72. The molecule has 3 atom stereocenters. The fourth-order valence-corrected chi connectivity index (χ4v) is 6.72. The van der Waals surface area contributed by atoms with E-state index in [-0.39, 0.29) is 17.4 Å². The van der Waals surface area contributed by atoms with Crippen LogP contribution < -0.4 is 0 Å². The molecule has 1 N–H and O–H groups in total. The van der Waals surface area contributed by atoms with Crippen LogP contribution in [0.4, 0.5) is 8.78 Å². The van der Waals surface area contributed by atoms with Crippen molar-refractivity contribution >= 4 is 11.9 Å². The first-order valence-corrected chi connectivity index (χ1v) is 14.6. The van der Waals surface area contributed by atoms with Crippen molar-refractivity contribution in [3.8, 4) is 0 Å². The van der Waals surface area contributed by atoms with Crippen LogP contribution in [0, 0.1) is 17.6 Å². The summed E-state index contributed by atoms with van der Waals surface area (Å²) in [6, 6.07) is 9.37. The lowest BCUT2D eigenvalue weighted by atomic mass is 9.87. The number of amides is 1. The summed E-state index contributed by atoms with van der Waals surface area (Å²) in [5.74, 6) is -2.95. The van der Waals surface area contributed by atoms with E-state index in [1.54, 1.807) is 4.90 Å². The number of likely N-dealkylation sites (tertiary alicyclic amines) is 1. The third-order valence-corrected chi connectivity index (χ3v) is 9.14. The largest absolute Gasteiger partial charge is 0.480 e. The molecule has 2 saturated heterocycles. The molecule has 216 valence electrons. The SMILES string of the molecule is CC(C)(C)N1C[C@@H](C(=O)N2CCN(C(Cc3ccc4c(c3)CCCC4)C(=O)O)CC2)[C@H](c2ccc(F)cc2F)C1. The third kappa shape index (κ3) is 6.08. The Morgan fingerprint density at radius 1 is 0.950 bits per heavy atom. The molecule has 6 nitrogen and oxygen atoms in total. The molecule has 2 aromatic carbocycles. The van der Waals surface area contributed by atoms with Gasteiger partial charge in [-0.25, -0.2) is 8.78 Å². The predicted octanol–water partition coefficient (Wildman–Crippen LogP) is 4.50. The highest BCUT2D eigenvalue weighted by Gasteiger charge is 2.45. The second-order valence-electron chi connectivity index (χ2n) is 12.7. The summed E-state index contributed by atoms with van der Waals surface area (Å²) in [5.41, 5.74) is 3.94. The van der Waals surface area contributed by atoms with Gasteiger partial charge in [-0.05, 0) is 81.2 Å². The van der Waals surface area contributed by atoms with Crippen LogP contribution in [-0.4, -0.2) is 82.5 Å². The highest BCUT2D eigenvalue weighted by Crippen LogP contribution is 2.38. The minimum Gasteiger partial charge on any atom is -0.480 e. The number of aryl methyl sites for hydroxylation is 2. The van der Waals surface area contributed by atoms with Crippen molar-refractivity contribution in [2.24, 2.45) is 5.92 Å². The Kier molecular flexibility index (Phi) is 8.30. The molecule has 3 aliphatic rings. The summed E-state index contributed by atoms with van der Waals surface area (Å²) in [6.07, 6.45) is 4.97. The average molecular weight is 554 g/mol. The van der Waals surface area contributed by atoms with Gasteiger partial charge < -0.3 is 10.0 Å². The number of aliphatic carboxylic acids is 1. The van der Waals surface area contributed by atoms with Gasteiger partial charge in [0.05, 0.1) is 5.92 Å². The number of piperazine rings is 1. The standard InChI is InChI=1S/C32H41F2N3O3/c1-32(2,3)37-19-26(25-11-10-24(33)18-28(25)34)27(20-37)30(38)36-14-12-35(13-15-36)29(31(39)40)17-21-8-9-22-6-4-5-7-23(22)16-21/h8-11,16,18,26-27,29H,4-7,12-15,17,19-20H2,1-3H3,(H,39,40)/t26-,27+,29?/m0/s1. The molecule has 2 aliphatic heterocycles. The van der Waals surface area contributed by atoms with Gasteiger partial charge in [-0.2, -0.15) is 0 Å². The highest BCUT2D eigenvalue weighted by molar-refractivity contribution is 5.81. The van der Waals surface area contributed by atoms with Crippen LogP contribution in [0.5, 0.6) is 0 Å². The van der Waals surface area contributed by atoms with Crippen molar-refractivity contribution in [3.63, 3.8) is 0 Å². The zero-order valence-corrected chi connectivity index (χ0v) is 23.8. The molecule has 40 heavy (non-hydrogen) atoms. The van der Waals surface area contributed by atoms with Crippen LogP contribution in [0.1, 0.15) is 61.8 Å². The summed E-state index contributed by atoms with van der Waals surface area (Å²) in [5, 5.41) is 10.1. The number of benzene rings is 2. The molecule has 0 spiro atoms. The lowest BCUT2D eigenvalue weighted by Gasteiger charge is -2.39. The van der Waals surface area contributed by atoms with Crippen LogP contribution in [0.2, 0.25) is 0 Å². The molecule has 8 heteroatoms. The lowest BCUT2D eigenvalue weighted by Crippen LogP contribution is -2.56. The first-order valence-electron chi connectivity index (χ1n) is 14.6. The maximum Gasteiger partial charge on any atom is 0.321 e. The number of hydrogen-bond donors (Lipinski definition) is 1. The number of carbonyl (C=O) groups excluding carboxylic acids is 1. The summed E-state index contributed by atoms with van der Waals surface area (Å²) >= 11 is 0. The Morgan fingerprint density at radius 3 is 2.30 bits per heavy atom. The van der Waals surface area contributed by atoms with Gasteiger partial charge in [0.1, 0.15) is 17.7 Å². The third-order valence-electron chi connectivity index (χ3n) is 9.14. The van der Waals surface area contributed by atoms with Gasteiger partial charge in [-0.15, -0.1) is 0 Å². The molecule has 0 saturated carbocycles.